The van der Waals surface area contributed by atoms with Crippen molar-refractivity contribution in [2.45, 2.75) is 13.8 Å². The third-order valence-electron chi connectivity index (χ3n) is 4.30. The van der Waals surface area contributed by atoms with E-state index < -0.39 is 5.97 Å². The van der Waals surface area contributed by atoms with E-state index in [4.69, 9.17) is 4.74 Å². The van der Waals surface area contributed by atoms with Crippen LogP contribution >= 0.6 is 15.9 Å². The Kier molecular flexibility index (Phi) is 6.57. The van der Waals surface area contributed by atoms with Crippen LogP contribution in [0.3, 0.4) is 0 Å². The molecule has 0 saturated heterocycles. The van der Waals surface area contributed by atoms with Gasteiger partial charge < -0.3 is 4.74 Å². The summed E-state index contributed by atoms with van der Waals surface area (Å²) in [6, 6.07) is 19.7. The van der Waals surface area contributed by atoms with E-state index in [1.54, 1.807) is 42.5 Å². The number of nitrogens with one attached hydrogen (secondary N) is 1. The van der Waals surface area contributed by atoms with Gasteiger partial charge >= 0.3 is 5.97 Å². The van der Waals surface area contributed by atoms with E-state index in [0.29, 0.717) is 22.4 Å². The summed E-state index contributed by atoms with van der Waals surface area (Å²) in [5, 5.41) is 4.02. The van der Waals surface area contributed by atoms with E-state index in [0.717, 1.165) is 15.6 Å². The SMILES string of the molecule is Cc1ccccc1C(=O)N/N=C\c1cc(Br)ccc1OC(=O)c1ccccc1C. The topological polar surface area (TPSA) is 67.8 Å². The average molecular weight is 451 g/mol. The third-order valence-corrected chi connectivity index (χ3v) is 4.79. The lowest BCUT2D eigenvalue weighted by Gasteiger charge is -2.09. The number of carbonyl (C=O) groups excluding carboxylic acids is 2. The number of carbonyl (C=O) groups is 2. The molecule has 3 aromatic rings. The van der Waals surface area contributed by atoms with Crippen molar-refractivity contribution in [2.75, 3.05) is 0 Å². The first-order valence-corrected chi connectivity index (χ1v) is 9.71. The molecule has 0 aliphatic carbocycles. The highest BCUT2D eigenvalue weighted by Crippen LogP contribution is 2.23. The monoisotopic (exact) mass is 450 g/mol. The molecule has 29 heavy (non-hydrogen) atoms. The number of amides is 1. The second-order valence-corrected chi connectivity index (χ2v) is 7.32. The van der Waals surface area contributed by atoms with E-state index in [1.165, 1.54) is 6.21 Å². The maximum Gasteiger partial charge on any atom is 0.343 e. The molecule has 5 nitrogen and oxygen atoms in total. The number of halogens is 1. The Hall–Kier alpha value is -3.25. The molecule has 3 aromatic carbocycles. The number of esters is 1. The first-order chi connectivity index (χ1) is 14.0. The Morgan fingerprint density at radius 1 is 0.931 bits per heavy atom. The van der Waals surface area contributed by atoms with Gasteiger partial charge in [-0.2, -0.15) is 5.10 Å². The minimum Gasteiger partial charge on any atom is -0.422 e. The number of aryl methyl sites for hydroxylation is 2. The maximum absolute atomic E-state index is 12.5. The molecule has 0 atom stereocenters. The van der Waals surface area contributed by atoms with Gasteiger partial charge in [-0.05, 0) is 55.3 Å². The van der Waals surface area contributed by atoms with Gasteiger partial charge in [-0.1, -0.05) is 52.3 Å². The quantitative estimate of drug-likeness (QED) is 0.256. The van der Waals surface area contributed by atoms with E-state index in [1.807, 2.05) is 38.1 Å². The Morgan fingerprint density at radius 3 is 2.21 bits per heavy atom. The highest BCUT2D eigenvalue weighted by atomic mass is 79.9. The van der Waals surface area contributed by atoms with Crippen LogP contribution in [0.5, 0.6) is 5.75 Å². The summed E-state index contributed by atoms with van der Waals surface area (Å²) >= 11 is 3.40. The molecule has 0 fully saturated rings. The van der Waals surface area contributed by atoms with Gasteiger partial charge in [-0.25, -0.2) is 10.2 Å². The normalized spacial score (nSPS) is 10.7. The van der Waals surface area contributed by atoms with Crippen LogP contribution in [0.2, 0.25) is 0 Å². The molecule has 3 rings (SSSR count). The molecule has 0 aliphatic heterocycles. The van der Waals surface area contributed by atoms with Crippen molar-refractivity contribution in [3.8, 4) is 5.75 Å². The van der Waals surface area contributed by atoms with Crippen molar-refractivity contribution in [2.24, 2.45) is 5.10 Å². The maximum atomic E-state index is 12.5. The number of hydrogen-bond donors (Lipinski definition) is 1. The lowest BCUT2D eigenvalue weighted by molar-refractivity contribution is 0.0733. The van der Waals surface area contributed by atoms with Gasteiger partial charge in [-0.3, -0.25) is 4.79 Å². The van der Waals surface area contributed by atoms with Gasteiger partial charge in [0.15, 0.2) is 0 Å². The molecule has 0 radical (unpaired) electrons. The highest BCUT2D eigenvalue weighted by Gasteiger charge is 2.13. The highest BCUT2D eigenvalue weighted by molar-refractivity contribution is 9.10. The van der Waals surface area contributed by atoms with E-state index in [2.05, 4.69) is 26.5 Å². The molecule has 0 bridgehead atoms. The Bertz CT molecular complexity index is 1090. The summed E-state index contributed by atoms with van der Waals surface area (Å²) < 4.78 is 6.36. The molecule has 0 aromatic heterocycles. The summed E-state index contributed by atoms with van der Waals surface area (Å²) in [5.41, 5.74) is 5.78. The number of ether oxygens (including phenoxy) is 1. The van der Waals surface area contributed by atoms with Crippen LogP contribution in [-0.2, 0) is 0 Å². The fourth-order valence-electron chi connectivity index (χ4n) is 2.72. The van der Waals surface area contributed by atoms with E-state index in [9.17, 15) is 9.59 Å². The van der Waals surface area contributed by atoms with Gasteiger partial charge in [0.1, 0.15) is 5.75 Å². The lowest BCUT2D eigenvalue weighted by atomic mass is 10.1. The van der Waals surface area contributed by atoms with Crippen molar-refractivity contribution in [1.82, 2.24) is 5.43 Å². The predicted octanol–water partition coefficient (Wildman–Crippen LogP) is 5.05. The molecular formula is C23H19BrN2O3. The van der Waals surface area contributed by atoms with Crippen LogP contribution in [0.15, 0.2) is 76.3 Å². The molecule has 0 aliphatic rings. The second-order valence-electron chi connectivity index (χ2n) is 6.40. The molecular weight excluding hydrogens is 432 g/mol. The van der Waals surface area contributed by atoms with Gasteiger partial charge in [0.25, 0.3) is 5.91 Å². The van der Waals surface area contributed by atoms with Crippen molar-refractivity contribution in [3.63, 3.8) is 0 Å². The zero-order valence-electron chi connectivity index (χ0n) is 16.0. The molecule has 0 heterocycles. The fourth-order valence-corrected chi connectivity index (χ4v) is 3.10. The largest absolute Gasteiger partial charge is 0.422 e. The van der Waals surface area contributed by atoms with Crippen LogP contribution in [0.25, 0.3) is 0 Å². The predicted molar refractivity (Wildman–Crippen MR) is 117 cm³/mol. The number of rotatable bonds is 5. The van der Waals surface area contributed by atoms with Crippen molar-refractivity contribution in [1.29, 1.82) is 0 Å². The van der Waals surface area contributed by atoms with Crippen LogP contribution in [0.1, 0.15) is 37.4 Å². The van der Waals surface area contributed by atoms with Gasteiger partial charge in [0.2, 0.25) is 0 Å². The number of hydrazone groups is 1. The molecule has 1 N–H and O–H groups in total. The molecule has 0 spiro atoms. The second kappa shape index (κ2) is 9.30. The van der Waals surface area contributed by atoms with Crippen molar-refractivity contribution in [3.05, 3.63) is 99.0 Å². The molecule has 6 heteroatoms. The number of nitrogens with zero attached hydrogens (tertiary/aromatic N) is 1. The molecule has 1 amide bonds. The third kappa shape index (κ3) is 5.18. The van der Waals surface area contributed by atoms with Gasteiger partial charge in [0, 0.05) is 15.6 Å². The van der Waals surface area contributed by atoms with Gasteiger partial charge in [-0.15, -0.1) is 0 Å². The summed E-state index contributed by atoms with van der Waals surface area (Å²) in [6.45, 7) is 3.71. The smallest absolute Gasteiger partial charge is 0.343 e. The minimum absolute atomic E-state index is 0.312. The average Bonchev–Trinajstić information content (AvgIpc) is 2.70. The Morgan fingerprint density at radius 2 is 1.55 bits per heavy atom. The zero-order chi connectivity index (χ0) is 20.8. The van der Waals surface area contributed by atoms with Crippen LogP contribution in [-0.4, -0.2) is 18.1 Å². The summed E-state index contributed by atoms with van der Waals surface area (Å²) in [7, 11) is 0. The van der Waals surface area contributed by atoms with E-state index >= 15 is 0 Å². The first-order valence-electron chi connectivity index (χ1n) is 8.92. The standard InChI is InChI=1S/C23H19BrN2O3/c1-15-7-3-5-9-19(15)22(27)26-25-14-17-13-18(24)11-12-21(17)29-23(28)20-10-6-4-8-16(20)2/h3-14H,1-2H3,(H,26,27)/b25-14-. The van der Waals surface area contributed by atoms with Gasteiger partial charge in [0.05, 0.1) is 11.8 Å². The fraction of sp³-hybridized carbons (Fsp3) is 0.0870. The Balaban J connectivity index is 1.77. The number of hydrogen-bond acceptors (Lipinski definition) is 4. The molecule has 0 saturated carbocycles. The summed E-state index contributed by atoms with van der Waals surface area (Å²) in [5.74, 6) is -0.424. The summed E-state index contributed by atoms with van der Waals surface area (Å²) in [4.78, 5) is 24.8. The minimum atomic E-state index is -0.455. The number of benzene rings is 3. The van der Waals surface area contributed by atoms with Crippen LogP contribution < -0.4 is 10.2 Å². The van der Waals surface area contributed by atoms with E-state index in [-0.39, 0.29) is 5.91 Å². The first kappa shape index (κ1) is 20.5. The Labute approximate surface area is 177 Å². The molecule has 0 unspecified atom stereocenters. The van der Waals surface area contributed by atoms with Crippen LogP contribution in [0.4, 0.5) is 0 Å². The lowest BCUT2D eigenvalue weighted by Crippen LogP contribution is -2.18. The van der Waals surface area contributed by atoms with Crippen molar-refractivity contribution >= 4 is 34.0 Å². The van der Waals surface area contributed by atoms with Crippen LogP contribution in [0, 0.1) is 13.8 Å². The summed E-state index contributed by atoms with van der Waals surface area (Å²) in [6.07, 6.45) is 1.45. The molecule has 146 valence electrons. The zero-order valence-corrected chi connectivity index (χ0v) is 17.6. The van der Waals surface area contributed by atoms with Crippen molar-refractivity contribution < 1.29 is 14.3 Å².